The summed E-state index contributed by atoms with van der Waals surface area (Å²) in [7, 11) is -3.93. The highest BCUT2D eigenvalue weighted by atomic mass is 35.5. The van der Waals surface area contributed by atoms with Gasteiger partial charge >= 0.3 is 0 Å². The van der Waals surface area contributed by atoms with Crippen LogP contribution in [0.15, 0.2) is 48.6 Å². The van der Waals surface area contributed by atoms with E-state index >= 15 is 0 Å². The summed E-state index contributed by atoms with van der Waals surface area (Å²) in [5.74, 6) is 0.648. The van der Waals surface area contributed by atoms with Gasteiger partial charge in [-0.25, -0.2) is 13.1 Å². The largest absolute Gasteiger partial charge is 0.487 e. The molecule has 0 unspecified atom stereocenters. The van der Waals surface area contributed by atoms with E-state index in [4.69, 9.17) is 25.8 Å². The van der Waals surface area contributed by atoms with Crippen LogP contribution >= 0.6 is 11.6 Å². The van der Waals surface area contributed by atoms with Crippen LogP contribution in [0.25, 0.3) is 0 Å². The van der Waals surface area contributed by atoms with Gasteiger partial charge in [-0.3, -0.25) is 9.59 Å². The van der Waals surface area contributed by atoms with Crippen LogP contribution in [0.5, 0.6) is 5.75 Å². The highest BCUT2D eigenvalue weighted by Gasteiger charge is 2.38. The summed E-state index contributed by atoms with van der Waals surface area (Å²) in [4.78, 5) is 30.5. The van der Waals surface area contributed by atoms with Crippen molar-refractivity contribution in [3.8, 4) is 5.75 Å². The maximum atomic E-state index is 13.5. The number of nitrogens with zero attached hydrogens (tertiary/aromatic N) is 2. The van der Waals surface area contributed by atoms with Crippen LogP contribution in [0.2, 0.25) is 5.02 Å². The molecule has 1 saturated carbocycles. The van der Waals surface area contributed by atoms with Gasteiger partial charge in [-0.1, -0.05) is 36.7 Å². The molecule has 0 radical (unpaired) electrons. The number of hydrogen-bond acceptors (Lipinski definition) is 8. The number of fused-ring (bicyclic) bond motifs is 3. The van der Waals surface area contributed by atoms with Gasteiger partial charge in [0.05, 0.1) is 43.3 Å². The second kappa shape index (κ2) is 16.9. The molecule has 6 rings (SSSR count). The number of morpholine rings is 1. The first-order valence-electron chi connectivity index (χ1n) is 18.2. The number of halogens is 1. The predicted molar refractivity (Wildman–Crippen MR) is 194 cm³/mol. The molecular weight excluding hydrogens is 678 g/mol. The van der Waals surface area contributed by atoms with Gasteiger partial charge in [0, 0.05) is 36.8 Å². The third-order valence-corrected chi connectivity index (χ3v) is 12.8. The smallest absolute Gasteiger partial charge is 0.264 e. The van der Waals surface area contributed by atoms with Crippen LogP contribution in [0.1, 0.15) is 79.8 Å². The highest BCUT2D eigenvalue weighted by molar-refractivity contribution is 7.90. The van der Waals surface area contributed by atoms with Gasteiger partial charge in [0.1, 0.15) is 12.4 Å². The van der Waals surface area contributed by atoms with Crippen molar-refractivity contribution in [1.29, 1.82) is 0 Å². The number of aryl methyl sites for hydroxylation is 1. The Hall–Kier alpha value is -3.12. The lowest BCUT2D eigenvalue weighted by atomic mass is 9.70. The van der Waals surface area contributed by atoms with Crippen LogP contribution in [0.4, 0.5) is 5.69 Å². The summed E-state index contributed by atoms with van der Waals surface area (Å²) in [6, 6.07) is 11.1. The molecule has 4 aliphatic rings. The van der Waals surface area contributed by atoms with E-state index in [2.05, 4.69) is 15.7 Å². The zero-order valence-electron chi connectivity index (χ0n) is 29.0. The molecule has 0 spiro atoms. The number of hydrogen-bond donors (Lipinski definition) is 1. The Balaban J connectivity index is 1.29. The van der Waals surface area contributed by atoms with Crippen LogP contribution in [0.3, 0.4) is 0 Å². The third kappa shape index (κ3) is 9.02. The second-order valence-corrected chi connectivity index (χ2v) is 16.3. The number of carbonyl (C=O) groups excluding carboxylic acids is 2. The molecule has 0 aromatic heterocycles. The molecule has 3 aliphatic heterocycles. The molecular formula is C38H50ClN3O7S. The Morgan fingerprint density at radius 1 is 1.04 bits per heavy atom. The molecule has 2 fully saturated rings. The van der Waals surface area contributed by atoms with Crippen LogP contribution in [-0.2, 0) is 37.3 Å². The zero-order chi connectivity index (χ0) is 35.1. The van der Waals surface area contributed by atoms with Gasteiger partial charge in [-0.2, -0.15) is 0 Å². The van der Waals surface area contributed by atoms with Gasteiger partial charge in [0.2, 0.25) is 15.9 Å². The molecule has 1 aliphatic carbocycles. The number of sulfonamides is 1. The van der Waals surface area contributed by atoms with Crippen molar-refractivity contribution in [2.24, 2.45) is 11.8 Å². The number of carbonyl (C=O) groups is 2. The van der Waals surface area contributed by atoms with Gasteiger partial charge in [0.25, 0.3) is 5.91 Å². The molecule has 2 bridgehead atoms. The Labute approximate surface area is 301 Å². The van der Waals surface area contributed by atoms with Crippen molar-refractivity contribution in [3.05, 3.63) is 70.3 Å². The summed E-state index contributed by atoms with van der Waals surface area (Å²) in [6.07, 6.45) is 10.3. The summed E-state index contributed by atoms with van der Waals surface area (Å²) >= 11 is 6.36. The molecule has 3 heterocycles. The Morgan fingerprint density at radius 3 is 2.66 bits per heavy atom. The Kier molecular flexibility index (Phi) is 12.4. The molecule has 4 atom stereocenters. The molecule has 2 aromatic carbocycles. The van der Waals surface area contributed by atoms with E-state index in [0.29, 0.717) is 81.9 Å². The normalized spacial score (nSPS) is 26.6. The minimum absolute atomic E-state index is 0.0778. The van der Waals surface area contributed by atoms with E-state index < -0.39 is 21.2 Å². The average Bonchev–Trinajstić information content (AvgIpc) is 3.12. The zero-order valence-corrected chi connectivity index (χ0v) is 30.6. The average molecular weight is 728 g/mol. The van der Waals surface area contributed by atoms with E-state index in [9.17, 15) is 18.0 Å². The molecule has 1 saturated heterocycles. The van der Waals surface area contributed by atoms with E-state index in [-0.39, 0.29) is 23.5 Å². The van der Waals surface area contributed by atoms with Crippen molar-refractivity contribution in [3.63, 3.8) is 0 Å². The number of ether oxygens (including phenoxy) is 3. The number of rotatable bonds is 5. The summed E-state index contributed by atoms with van der Waals surface area (Å²) < 4.78 is 47.6. The van der Waals surface area contributed by atoms with E-state index in [1.54, 1.807) is 18.2 Å². The minimum Gasteiger partial charge on any atom is -0.487 e. The fourth-order valence-electron chi connectivity index (χ4n) is 7.55. The quantitative estimate of drug-likeness (QED) is 0.379. The number of amides is 2. The maximum Gasteiger partial charge on any atom is 0.264 e. The standard InChI is InChI=1S/C38H50ClN3O7S/c1-2-32-8-3-4-9-35(48-20-16-37(43)41-18-21-47-22-19-41)33-14-11-29(33)25-42-17-6-5-7-27-23-31(39)13-10-30(27)26-49-36-15-12-28(24-34(36)42)38(44)40-50(32,45)46/h4,9-10,12-13,15,23-24,29,32-33,35H,2-3,5-8,11,14,16-22,25-26H2,1H3,(H,40,44)/b9-4+/t29-,32+,33+,35-/m0/s1. The minimum atomic E-state index is -3.93. The van der Waals surface area contributed by atoms with Gasteiger partial charge in [-0.05, 0) is 105 Å². The monoisotopic (exact) mass is 727 g/mol. The van der Waals surface area contributed by atoms with Gasteiger partial charge < -0.3 is 24.0 Å². The van der Waals surface area contributed by atoms with E-state index in [1.165, 1.54) is 5.56 Å². The molecule has 2 amide bonds. The first kappa shape index (κ1) is 36.7. The lowest BCUT2D eigenvalue weighted by Crippen LogP contribution is -2.45. The molecule has 2 aromatic rings. The molecule has 12 heteroatoms. The molecule has 1 N–H and O–H groups in total. The summed E-state index contributed by atoms with van der Waals surface area (Å²) in [5, 5.41) is -0.0208. The van der Waals surface area contributed by atoms with Gasteiger partial charge in [0.15, 0.2) is 0 Å². The lowest BCUT2D eigenvalue weighted by molar-refractivity contribution is -0.137. The van der Waals surface area contributed by atoms with E-state index in [1.807, 2.05) is 36.1 Å². The predicted octanol–water partition coefficient (Wildman–Crippen LogP) is 5.91. The molecule has 10 nitrogen and oxygen atoms in total. The first-order chi connectivity index (χ1) is 24.2. The number of anilines is 1. The Morgan fingerprint density at radius 2 is 1.88 bits per heavy atom. The molecule has 50 heavy (non-hydrogen) atoms. The summed E-state index contributed by atoms with van der Waals surface area (Å²) in [6.45, 7) is 6.32. The fourth-order valence-corrected chi connectivity index (χ4v) is 9.18. The van der Waals surface area contributed by atoms with Crippen molar-refractivity contribution in [2.75, 3.05) is 50.9 Å². The topological polar surface area (TPSA) is 114 Å². The van der Waals surface area contributed by atoms with Crippen molar-refractivity contribution < 1.29 is 32.2 Å². The van der Waals surface area contributed by atoms with E-state index in [0.717, 1.165) is 56.4 Å². The van der Waals surface area contributed by atoms with Crippen molar-refractivity contribution in [2.45, 2.75) is 82.7 Å². The van der Waals surface area contributed by atoms with Crippen molar-refractivity contribution in [1.82, 2.24) is 9.62 Å². The third-order valence-electron chi connectivity index (χ3n) is 10.7. The highest BCUT2D eigenvalue weighted by Crippen LogP contribution is 2.42. The van der Waals surface area contributed by atoms with Crippen LogP contribution < -0.4 is 14.4 Å². The number of benzene rings is 2. The van der Waals surface area contributed by atoms with Gasteiger partial charge in [-0.15, -0.1) is 0 Å². The maximum absolute atomic E-state index is 13.5. The second-order valence-electron chi connectivity index (χ2n) is 13.9. The summed E-state index contributed by atoms with van der Waals surface area (Å²) in [5.41, 5.74) is 3.30. The lowest BCUT2D eigenvalue weighted by Gasteiger charge is -2.44. The number of allylic oxidation sites excluding steroid dienone is 1. The molecule has 272 valence electrons. The fraction of sp³-hybridized carbons (Fsp3) is 0.579. The first-order valence-corrected chi connectivity index (χ1v) is 20.1. The Bertz CT molecular complexity index is 1640. The van der Waals surface area contributed by atoms with Crippen LogP contribution in [0, 0.1) is 11.8 Å². The number of nitrogens with one attached hydrogen (secondary N) is 1. The van der Waals surface area contributed by atoms with Crippen LogP contribution in [-0.4, -0.2) is 82.5 Å². The van der Waals surface area contributed by atoms with Crippen molar-refractivity contribution >= 4 is 39.1 Å². The SMILES string of the molecule is CC[C@@H]1CC/C=C/[C@H](OCCC(=O)N2CCOCC2)[C@@H]2CC[C@H]2CN2CCCCc3cc(Cl)ccc3COc3ccc(cc32)C(=O)NS1(=O)=O.